The van der Waals surface area contributed by atoms with Crippen LogP contribution < -0.4 is 4.74 Å². The molecule has 2 amide bonds. The van der Waals surface area contributed by atoms with Crippen molar-refractivity contribution in [2.75, 3.05) is 26.7 Å². The zero-order chi connectivity index (χ0) is 27.0. The van der Waals surface area contributed by atoms with Gasteiger partial charge in [0.15, 0.2) is 0 Å². The minimum absolute atomic E-state index is 0.0482. The Morgan fingerprint density at radius 2 is 1.55 bits per heavy atom. The van der Waals surface area contributed by atoms with E-state index in [1.54, 1.807) is 17.0 Å². The summed E-state index contributed by atoms with van der Waals surface area (Å²) in [4.78, 5) is 30.5. The number of benzene rings is 3. The van der Waals surface area contributed by atoms with Gasteiger partial charge in [0.25, 0.3) is 0 Å². The van der Waals surface area contributed by atoms with Gasteiger partial charge in [0, 0.05) is 38.5 Å². The first-order valence-corrected chi connectivity index (χ1v) is 13.4. The number of amides is 2. The molecule has 0 bridgehead atoms. The first-order chi connectivity index (χ1) is 18.4. The summed E-state index contributed by atoms with van der Waals surface area (Å²) in [5.74, 6) is 0.272. The van der Waals surface area contributed by atoms with Crippen molar-refractivity contribution >= 4 is 11.8 Å². The van der Waals surface area contributed by atoms with Crippen molar-refractivity contribution in [2.24, 2.45) is 5.41 Å². The number of carbonyl (C=O) groups is 2. The van der Waals surface area contributed by atoms with E-state index < -0.39 is 5.41 Å². The molecule has 0 radical (unpaired) electrons. The summed E-state index contributed by atoms with van der Waals surface area (Å²) < 4.78 is 19.5. The normalized spacial score (nSPS) is 15.5. The fourth-order valence-electron chi connectivity index (χ4n) is 5.20. The van der Waals surface area contributed by atoms with Gasteiger partial charge in [-0.25, -0.2) is 4.39 Å². The average molecular weight is 517 g/mol. The van der Waals surface area contributed by atoms with E-state index in [4.69, 9.17) is 4.74 Å². The Kier molecular flexibility index (Phi) is 9.16. The fourth-order valence-corrected chi connectivity index (χ4v) is 5.20. The molecule has 1 saturated heterocycles. The number of hydrogen-bond acceptors (Lipinski definition) is 3. The van der Waals surface area contributed by atoms with Gasteiger partial charge in [0.2, 0.25) is 11.8 Å². The number of likely N-dealkylation sites (tertiary alicyclic amines) is 1. The lowest BCUT2D eigenvalue weighted by molar-refractivity contribution is -0.138. The smallest absolute Gasteiger partial charge is 0.230 e. The number of ether oxygens (including phenoxy) is 1. The average Bonchev–Trinajstić information content (AvgIpc) is 2.94. The summed E-state index contributed by atoms with van der Waals surface area (Å²) >= 11 is 0. The Labute approximate surface area is 225 Å². The van der Waals surface area contributed by atoms with Crippen LogP contribution in [0.5, 0.6) is 5.75 Å². The zero-order valence-electron chi connectivity index (χ0n) is 22.3. The van der Waals surface area contributed by atoms with E-state index in [2.05, 4.69) is 0 Å². The van der Waals surface area contributed by atoms with Crippen molar-refractivity contribution in [1.29, 1.82) is 0 Å². The monoisotopic (exact) mass is 516 g/mol. The highest BCUT2D eigenvalue weighted by molar-refractivity contribution is 5.84. The minimum atomic E-state index is -0.415. The van der Waals surface area contributed by atoms with Crippen molar-refractivity contribution in [2.45, 2.75) is 45.1 Å². The number of rotatable bonds is 10. The predicted molar refractivity (Wildman–Crippen MR) is 147 cm³/mol. The van der Waals surface area contributed by atoms with E-state index in [1.807, 2.05) is 79.5 Å². The maximum absolute atomic E-state index is 13.5. The molecular formula is C32H37FN2O3. The van der Waals surface area contributed by atoms with Crippen molar-refractivity contribution in [3.63, 3.8) is 0 Å². The van der Waals surface area contributed by atoms with E-state index in [1.165, 1.54) is 12.1 Å². The molecule has 200 valence electrons. The highest BCUT2D eigenvalue weighted by atomic mass is 19.1. The molecule has 6 heteroatoms. The van der Waals surface area contributed by atoms with Crippen LogP contribution in [0.25, 0.3) is 0 Å². The molecule has 1 unspecified atom stereocenters. The number of halogens is 1. The van der Waals surface area contributed by atoms with Crippen molar-refractivity contribution in [3.8, 4) is 5.75 Å². The van der Waals surface area contributed by atoms with Crippen molar-refractivity contribution in [1.82, 2.24) is 9.80 Å². The molecule has 1 heterocycles. The molecule has 3 aromatic rings. The van der Waals surface area contributed by atoms with Crippen LogP contribution in [0.2, 0.25) is 0 Å². The van der Waals surface area contributed by atoms with E-state index >= 15 is 0 Å². The first kappa shape index (κ1) is 27.4. The quantitative estimate of drug-likeness (QED) is 0.329. The van der Waals surface area contributed by atoms with Crippen LogP contribution in [0.15, 0.2) is 84.9 Å². The molecule has 4 rings (SSSR count). The van der Waals surface area contributed by atoms with Crippen LogP contribution in [-0.4, -0.2) is 48.4 Å². The fraction of sp³-hybridized carbons (Fsp3) is 0.375. The van der Waals surface area contributed by atoms with E-state index in [-0.39, 0.29) is 23.5 Å². The van der Waals surface area contributed by atoms with Gasteiger partial charge in [-0.2, -0.15) is 0 Å². The van der Waals surface area contributed by atoms with Gasteiger partial charge in [0.05, 0.1) is 12.5 Å². The molecule has 0 saturated carbocycles. The van der Waals surface area contributed by atoms with Gasteiger partial charge in [-0.05, 0) is 54.7 Å². The molecule has 1 atom stereocenters. The summed E-state index contributed by atoms with van der Waals surface area (Å²) in [5, 5.41) is 0. The Morgan fingerprint density at radius 3 is 2.16 bits per heavy atom. The highest BCUT2D eigenvalue weighted by Crippen LogP contribution is 2.38. The summed E-state index contributed by atoms with van der Waals surface area (Å²) in [5.41, 5.74) is 1.70. The van der Waals surface area contributed by atoms with Gasteiger partial charge >= 0.3 is 0 Å². The Hall–Kier alpha value is -3.67. The molecule has 3 aromatic carbocycles. The molecule has 1 aliphatic rings. The van der Waals surface area contributed by atoms with Gasteiger partial charge in [-0.3, -0.25) is 9.59 Å². The Bertz CT molecular complexity index is 1180. The number of piperidine rings is 1. The molecule has 0 spiro atoms. The zero-order valence-corrected chi connectivity index (χ0v) is 22.3. The molecule has 38 heavy (non-hydrogen) atoms. The molecule has 0 aromatic heterocycles. The van der Waals surface area contributed by atoms with Gasteiger partial charge in [-0.1, -0.05) is 67.6 Å². The standard InChI is InChI=1S/C32H37FN2O3/c1-3-29(26-12-8-5-9-13-26)31(37)35-20-18-32(19-21-35,24-38-28-16-14-27(33)15-17-28)22-30(36)34(2)23-25-10-6-4-7-11-25/h4-17,29H,3,18-24H2,1-2H3. The lowest BCUT2D eigenvalue weighted by Crippen LogP contribution is -2.48. The summed E-state index contributed by atoms with van der Waals surface area (Å²) in [6.45, 7) is 4.06. The summed E-state index contributed by atoms with van der Waals surface area (Å²) in [7, 11) is 1.83. The third-order valence-electron chi connectivity index (χ3n) is 7.62. The number of nitrogens with zero attached hydrogens (tertiary/aromatic N) is 2. The van der Waals surface area contributed by atoms with E-state index in [9.17, 15) is 14.0 Å². The maximum atomic E-state index is 13.5. The molecule has 1 fully saturated rings. The molecule has 0 N–H and O–H groups in total. The lowest BCUT2D eigenvalue weighted by Gasteiger charge is -2.42. The van der Waals surface area contributed by atoms with Crippen LogP contribution >= 0.6 is 0 Å². The van der Waals surface area contributed by atoms with Gasteiger partial charge < -0.3 is 14.5 Å². The van der Waals surface area contributed by atoms with Crippen LogP contribution in [0.3, 0.4) is 0 Å². The lowest BCUT2D eigenvalue weighted by atomic mass is 9.75. The largest absolute Gasteiger partial charge is 0.493 e. The maximum Gasteiger partial charge on any atom is 0.230 e. The minimum Gasteiger partial charge on any atom is -0.493 e. The van der Waals surface area contributed by atoms with E-state index in [0.717, 1.165) is 17.5 Å². The summed E-state index contributed by atoms with van der Waals surface area (Å²) in [6.07, 6.45) is 2.39. The number of hydrogen-bond donors (Lipinski definition) is 0. The van der Waals surface area contributed by atoms with Gasteiger partial charge in [-0.15, -0.1) is 0 Å². The van der Waals surface area contributed by atoms with Crippen LogP contribution in [-0.2, 0) is 16.1 Å². The molecular weight excluding hydrogens is 479 g/mol. The SMILES string of the molecule is CCC(C(=O)N1CCC(COc2ccc(F)cc2)(CC(=O)N(C)Cc2ccccc2)CC1)c1ccccc1. The van der Waals surface area contributed by atoms with Crippen LogP contribution in [0.1, 0.15) is 49.7 Å². The van der Waals surface area contributed by atoms with Crippen molar-refractivity contribution < 1.29 is 18.7 Å². The van der Waals surface area contributed by atoms with E-state index in [0.29, 0.717) is 51.3 Å². The molecule has 5 nitrogen and oxygen atoms in total. The molecule has 0 aliphatic carbocycles. The van der Waals surface area contributed by atoms with Gasteiger partial charge in [0.1, 0.15) is 11.6 Å². The second-order valence-electron chi connectivity index (χ2n) is 10.4. The number of carbonyl (C=O) groups excluding carboxylic acids is 2. The molecule has 1 aliphatic heterocycles. The third-order valence-corrected chi connectivity index (χ3v) is 7.62. The van der Waals surface area contributed by atoms with Crippen LogP contribution in [0, 0.1) is 11.2 Å². The Morgan fingerprint density at radius 1 is 0.947 bits per heavy atom. The van der Waals surface area contributed by atoms with Crippen molar-refractivity contribution in [3.05, 3.63) is 102 Å². The Balaban J connectivity index is 1.45. The first-order valence-electron chi connectivity index (χ1n) is 13.4. The predicted octanol–water partition coefficient (Wildman–Crippen LogP) is 6.06. The second kappa shape index (κ2) is 12.7. The van der Waals surface area contributed by atoms with Crippen LogP contribution in [0.4, 0.5) is 4.39 Å². The highest BCUT2D eigenvalue weighted by Gasteiger charge is 2.40. The summed E-state index contributed by atoms with van der Waals surface area (Å²) in [6, 6.07) is 25.8. The third kappa shape index (κ3) is 7.00. The topological polar surface area (TPSA) is 49.9 Å². The second-order valence-corrected chi connectivity index (χ2v) is 10.4.